The van der Waals surface area contributed by atoms with Crippen molar-refractivity contribution in [1.82, 2.24) is 4.57 Å². The Morgan fingerprint density at radius 1 is 1.16 bits per heavy atom. The summed E-state index contributed by atoms with van der Waals surface area (Å²) in [6.07, 6.45) is -4.75. The lowest BCUT2D eigenvalue weighted by Crippen LogP contribution is -2.16. The van der Waals surface area contributed by atoms with Crippen LogP contribution in [0.15, 0.2) is 64.0 Å². The van der Waals surface area contributed by atoms with Crippen molar-refractivity contribution in [3.8, 4) is 16.9 Å². The molecule has 0 unspecified atom stereocenters. The number of aromatic nitrogens is 1. The molecule has 5 nitrogen and oxygen atoms in total. The van der Waals surface area contributed by atoms with Crippen LogP contribution in [0, 0.1) is 0 Å². The van der Waals surface area contributed by atoms with E-state index in [0.29, 0.717) is 22.2 Å². The van der Waals surface area contributed by atoms with Crippen molar-refractivity contribution in [2.45, 2.75) is 12.9 Å². The van der Waals surface area contributed by atoms with Gasteiger partial charge in [-0.25, -0.2) is 4.79 Å². The van der Waals surface area contributed by atoms with E-state index in [2.05, 4.69) is 11.3 Å². The molecule has 0 aliphatic carbocycles. The second-order valence-electron chi connectivity index (χ2n) is 5.28. The first-order chi connectivity index (χ1) is 11.7. The zero-order valence-corrected chi connectivity index (χ0v) is 12.7. The summed E-state index contributed by atoms with van der Waals surface area (Å²) >= 11 is 0. The van der Waals surface area contributed by atoms with Gasteiger partial charge < -0.3 is 14.3 Å². The fourth-order valence-corrected chi connectivity index (χ4v) is 2.42. The number of halogens is 3. The van der Waals surface area contributed by atoms with Gasteiger partial charge in [-0.15, -0.1) is 13.2 Å². The van der Waals surface area contributed by atoms with Gasteiger partial charge in [0.25, 0.3) is 0 Å². The van der Waals surface area contributed by atoms with Crippen molar-refractivity contribution in [1.29, 1.82) is 0 Å². The molecule has 130 valence electrons. The average molecular weight is 351 g/mol. The van der Waals surface area contributed by atoms with Gasteiger partial charge in [-0.1, -0.05) is 24.8 Å². The van der Waals surface area contributed by atoms with Crippen LogP contribution in [0.3, 0.4) is 0 Å². The van der Waals surface area contributed by atoms with Gasteiger partial charge in [0.2, 0.25) is 0 Å². The molecular weight excluding hydrogens is 339 g/mol. The number of fused-ring (bicyclic) bond motifs is 1. The number of allylic oxidation sites excluding steroid dienone is 1. The maximum Gasteiger partial charge on any atom is 0.573 e. The van der Waals surface area contributed by atoms with Crippen molar-refractivity contribution in [3.63, 3.8) is 0 Å². The Hall–Kier alpha value is -3.16. The lowest BCUT2D eigenvalue weighted by atomic mass is 10.1. The summed E-state index contributed by atoms with van der Waals surface area (Å²) in [5, 5.41) is 9.32. The number of hydrogen-bond acceptors (Lipinski definition) is 4. The van der Waals surface area contributed by atoms with Crippen molar-refractivity contribution < 1.29 is 27.4 Å². The Morgan fingerprint density at radius 3 is 2.40 bits per heavy atom. The van der Waals surface area contributed by atoms with Gasteiger partial charge in [0.05, 0.1) is 12.1 Å². The Labute approximate surface area is 139 Å². The number of nitrogens with zero attached hydrogens (tertiary/aromatic N) is 1. The summed E-state index contributed by atoms with van der Waals surface area (Å²) < 4.78 is 46.7. The highest BCUT2D eigenvalue weighted by molar-refractivity contribution is 5.80. The Kier molecular flexibility index (Phi) is 4.03. The molecule has 8 heteroatoms. The van der Waals surface area contributed by atoms with Gasteiger partial charge in [-0.05, 0) is 35.4 Å². The topological polar surface area (TPSA) is 64.6 Å². The number of benzene rings is 2. The second-order valence-corrected chi connectivity index (χ2v) is 5.28. The summed E-state index contributed by atoms with van der Waals surface area (Å²) in [4.78, 5) is 11.8. The van der Waals surface area contributed by atoms with E-state index in [4.69, 9.17) is 4.42 Å². The lowest BCUT2D eigenvalue weighted by molar-refractivity contribution is -0.274. The SMILES string of the molecule is C=C(O)Cn1c(=O)oc2ccc(-c3ccc(OC(F)(F)F)cc3)cc21. The van der Waals surface area contributed by atoms with Crippen molar-refractivity contribution in [2.75, 3.05) is 0 Å². The first kappa shape index (κ1) is 16.7. The van der Waals surface area contributed by atoms with Gasteiger partial charge in [0.1, 0.15) is 11.5 Å². The van der Waals surface area contributed by atoms with E-state index in [0.717, 1.165) is 0 Å². The average Bonchev–Trinajstić information content (AvgIpc) is 2.81. The Bertz CT molecular complexity index is 984. The minimum Gasteiger partial charge on any atom is -0.511 e. The number of aliphatic hydroxyl groups is 1. The van der Waals surface area contributed by atoms with E-state index in [1.54, 1.807) is 18.2 Å². The smallest absolute Gasteiger partial charge is 0.511 e. The largest absolute Gasteiger partial charge is 0.573 e. The third-order valence-corrected chi connectivity index (χ3v) is 3.43. The molecule has 0 radical (unpaired) electrons. The summed E-state index contributed by atoms with van der Waals surface area (Å²) in [5.74, 6) is -1.17. The maximum absolute atomic E-state index is 12.2. The molecule has 1 heterocycles. The number of oxazole rings is 1. The minimum absolute atomic E-state index is 0.117. The van der Waals surface area contributed by atoms with E-state index in [-0.39, 0.29) is 18.1 Å². The molecule has 0 aliphatic heterocycles. The molecule has 3 rings (SSSR count). The first-order valence-electron chi connectivity index (χ1n) is 7.09. The Balaban J connectivity index is 1.98. The van der Waals surface area contributed by atoms with E-state index in [1.807, 2.05) is 0 Å². The molecule has 0 spiro atoms. The van der Waals surface area contributed by atoms with Crippen LogP contribution in [-0.2, 0) is 6.54 Å². The van der Waals surface area contributed by atoms with E-state index in [1.165, 1.54) is 28.8 Å². The second kappa shape index (κ2) is 6.04. The zero-order valence-electron chi connectivity index (χ0n) is 12.7. The molecule has 0 atom stereocenters. The molecule has 0 saturated heterocycles. The standard InChI is InChI=1S/C17H12F3NO4/c1-10(22)9-21-14-8-12(4-7-15(14)24-16(21)23)11-2-5-13(6-3-11)25-17(18,19)20/h2-8,22H,1,9H2. The van der Waals surface area contributed by atoms with E-state index in [9.17, 15) is 23.1 Å². The van der Waals surface area contributed by atoms with Crippen LogP contribution in [0.25, 0.3) is 22.2 Å². The van der Waals surface area contributed by atoms with E-state index >= 15 is 0 Å². The van der Waals surface area contributed by atoms with Crippen LogP contribution in [-0.4, -0.2) is 16.0 Å². The fraction of sp³-hybridized carbons (Fsp3) is 0.118. The molecular formula is C17H12F3NO4. The van der Waals surface area contributed by atoms with Gasteiger partial charge in [-0.3, -0.25) is 4.57 Å². The maximum atomic E-state index is 12.2. The summed E-state index contributed by atoms with van der Waals surface area (Å²) in [7, 11) is 0. The highest BCUT2D eigenvalue weighted by atomic mass is 19.4. The highest BCUT2D eigenvalue weighted by Gasteiger charge is 2.30. The quantitative estimate of drug-likeness (QED) is 0.715. The molecule has 3 aromatic rings. The van der Waals surface area contributed by atoms with Crippen LogP contribution in [0.1, 0.15) is 0 Å². The predicted octanol–water partition coefficient (Wildman–Crippen LogP) is 4.23. The molecule has 25 heavy (non-hydrogen) atoms. The molecule has 0 saturated carbocycles. The monoisotopic (exact) mass is 351 g/mol. The summed E-state index contributed by atoms with van der Waals surface area (Å²) in [6, 6.07) is 10.2. The third-order valence-electron chi connectivity index (χ3n) is 3.43. The van der Waals surface area contributed by atoms with Crippen LogP contribution in [0.2, 0.25) is 0 Å². The molecule has 1 N–H and O–H groups in total. The fourth-order valence-electron chi connectivity index (χ4n) is 2.42. The molecule has 0 fully saturated rings. The number of rotatable bonds is 4. The van der Waals surface area contributed by atoms with Crippen LogP contribution >= 0.6 is 0 Å². The summed E-state index contributed by atoms with van der Waals surface area (Å²) in [6.45, 7) is 3.23. The zero-order chi connectivity index (χ0) is 18.2. The molecule has 1 aromatic heterocycles. The normalized spacial score (nSPS) is 11.6. The van der Waals surface area contributed by atoms with Crippen LogP contribution in [0.5, 0.6) is 5.75 Å². The minimum atomic E-state index is -4.75. The third kappa shape index (κ3) is 3.68. The van der Waals surface area contributed by atoms with Crippen LogP contribution < -0.4 is 10.5 Å². The van der Waals surface area contributed by atoms with Crippen molar-refractivity contribution in [3.05, 3.63) is 65.4 Å². The molecule has 0 amide bonds. The number of alkyl halides is 3. The summed E-state index contributed by atoms with van der Waals surface area (Å²) in [5.41, 5.74) is 2.05. The number of ether oxygens (including phenoxy) is 1. The first-order valence-corrected chi connectivity index (χ1v) is 7.09. The van der Waals surface area contributed by atoms with Gasteiger partial charge in [0, 0.05) is 0 Å². The lowest BCUT2D eigenvalue weighted by Gasteiger charge is -2.09. The van der Waals surface area contributed by atoms with Crippen molar-refractivity contribution >= 4 is 11.1 Å². The van der Waals surface area contributed by atoms with Gasteiger partial charge in [-0.2, -0.15) is 0 Å². The van der Waals surface area contributed by atoms with Gasteiger partial charge >= 0.3 is 12.1 Å². The number of aliphatic hydroxyl groups excluding tert-OH is 1. The molecule has 2 aromatic carbocycles. The van der Waals surface area contributed by atoms with Crippen molar-refractivity contribution in [2.24, 2.45) is 0 Å². The van der Waals surface area contributed by atoms with Gasteiger partial charge in [0.15, 0.2) is 5.58 Å². The van der Waals surface area contributed by atoms with Crippen LogP contribution in [0.4, 0.5) is 13.2 Å². The Morgan fingerprint density at radius 2 is 1.80 bits per heavy atom. The predicted molar refractivity (Wildman–Crippen MR) is 84.4 cm³/mol. The molecule has 0 bridgehead atoms. The van der Waals surface area contributed by atoms with E-state index < -0.39 is 12.1 Å². The molecule has 0 aliphatic rings. The number of hydrogen-bond donors (Lipinski definition) is 1. The highest BCUT2D eigenvalue weighted by Crippen LogP contribution is 2.28.